The lowest BCUT2D eigenvalue weighted by Gasteiger charge is -2.31. The Morgan fingerprint density at radius 2 is 2.00 bits per heavy atom. The van der Waals surface area contributed by atoms with E-state index in [9.17, 15) is 0 Å². The molecule has 0 spiro atoms. The Morgan fingerprint density at radius 3 is 2.75 bits per heavy atom. The van der Waals surface area contributed by atoms with Crippen molar-refractivity contribution in [2.45, 2.75) is 25.3 Å². The number of nitrogens with two attached hydrogens (primary N) is 1. The van der Waals surface area contributed by atoms with Gasteiger partial charge in [-0.1, -0.05) is 24.6 Å². The van der Waals surface area contributed by atoms with Gasteiger partial charge in [0.05, 0.1) is 5.52 Å². The van der Waals surface area contributed by atoms with E-state index in [2.05, 4.69) is 23.2 Å². The fourth-order valence-corrected chi connectivity index (χ4v) is 2.46. The quantitative estimate of drug-likeness (QED) is 0.831. The Hall–Kier alpha value is -1.41. The van der Waals surface area contributed by atoms with E-state index >= 15 is 0 Å². The molecule has 1 aliphatic carbocycles. The fraction of sp³-hybridized carbons (Fsp3) is 0.357. The van der Waals surface area contributed by atoms with Gasteiger partial charge < -0.3 is 5.73 Å². The van der Waals surface area contributed by atoms with Crippen molar-refractivity contribution in [1.29, 1.82) is 0 Å². The molecule has 0 bridgehead atoms. The van der Waals surface area contributed by atoms with E-state index in [0.29, 0.717) is 5.92 Å². The first-order valence-electron chi connectivity index (χ1n) is 5.95. The smallest absolute Gasteiger partial charge is 0.0705 e. The van der Waals surface area contributed by atoms with Gasteiger partial charge in [0.25, 0.3) is 0 Å². The lowest BCUT2D eigenvalue weighted by atomic mass is 9.77. The van der Waals surface area contributed by atoms with E-state index in [-0.39, 0.29) is 6.04 Å². The second-order valence-electron chi connectivity index (χ2n) is 4.63. The van der Waals surface area contributed by atoms with Crippen LogP contribution in [0.1, 0.15) is 30.9 Å². The van der Waals surface area contributed by atoms with Crippen molar-refractivity contribution in [1.82, 2.24) is 4.98 Å². The Balaban J connectivity index is 2.08. The lowest BCUT2D eigenvalue weighted by Crippen LogP contribution is -2.27. The first kappa shape index (κ1) is 9.79. The van der Waals surface area contributed by atoms with Crippen LogP contribution in [0.2, 0.25) is 0 Å². The van der Waals surface area contributed by atoms with Crippen LogP contribution < -0.4 is 5.73 Å². The molecule has 2 aromatic rings. The summed E-state index contributed by atoms with van der Waals surface area (Å²) in [7, 11) is 0. The summed E-state index contributed by atoms with van der Waals surface area (Å²) in [5.74, 6) is 0.672. The van der Waals surface area contributed by atoms with Gasteiger partial charge in [-0.15, -0.1) is 0 Å². The summed E-state index contributed by atoms with van der Waals surface area (Å²) in [6.45, 7) is 0. The van der Waals surface area contributed by atoms with Crippen LogP contribution in [-0.2, 0) is 0 Å². The molecule has 1 saturated carbocycles. The normalized spacial score (nSPS) is 18.3. The van der Waals surface area contributed by atoms with Gasteiger partial charge in [-0.2, -0.15) is 0 Å². The Morgan fingerprint density at radius 1 is 1.19 bits per heavy atom. The minimum Gasteiger partial charge on any atom is -0.324 e. The number of para-hydroxylation sites is 1. The average Bonchev–Trinajstić information content (AvgIpc) is 2.26. The standard InChI is InChI=1S/C14H16N2/c15-14(10-4-3-5-10)12-8-9-16-13-7-2-1-6-11(12)13/h1-2,6-10,14H,3-5,15H2/t14-/m1/s1. The molecule has 2 nitrogen and oxygen atoms in total. The molecule has 2 N–H and O–H groups in total. The van der Waals surface area contributed by atoms with E-state index in [0.717, 1.165) is 5.52 Å². The Kier molecular flexibility index (Phi) is 2.37. The predicted octanol–water partition coefficient (Wildman–Crippen LogP) is 3.03. The lowest BCUT2D eigenvalue weighted by molar-refractivity contribution is 0.265. The third-order valence-electron chi connectivity index (χ3n) is 3.70. The number of pyridine rings is 1. The summed E-state index contributed by atoms with van der Waals surface area (Å²) < 4.78 is 0. The number of aromatic nitrogens is 1. The molecule has 1 aliphatic rings. The van der Waals surface area contributed by atoms with Crippen molar-refractivity contribution in [3.05, 3.63) is 42.1 Å². The maximum absolute atomic E-state index is 6.34. The minimum absolute atomic E-state index is 0.182. The fourth-order valence-electron chi connectivity index (χ4n) is 2.46. The van der Waals surface area contributed by atoms with Gasteiger partial charge >= 0.3 is 0 Å². The molecule has 1 heterocycles. The highest BCUT2D eigenvalue weighted by Gasteiger charge is 2.26. The number of hydrogen-bond acceptors (Lipinski definition) is 2. The highest BCUT2D eigenvalue weighted by Crippen LogP contribution is 2.37. The highest BCUT2D eigenvalue weighted by atomic mass is 14.7. The minimum atomic E-state index is 0.182. The van der Waals surface area contributed by atoms with Crippen LogP contribution in [-0.4, -0.2) is 4.98 Å². The monoisotopic (exact) mass is 212 g/mol. The molecule has 0 unspecified atom stereocenters. The van der Waals surface area contributed by atoms with Gasteiger partial charge in [-0.05, 0) is 36.5 Å². The molecule has 0 radical (unpaired) electrons. The third-order valence-corrected chi connectivity index (χ3v) is 3.70. The van der Waals surface area contributed by atoms with Crippen molar-refractivity contribution >= 4 is 10.9 Å². The van der Waals surface area contributed by atoms with Crippen LogP contribution in [0.4, 0.5) is 0 Å². The number of hydrogen-bond donors (Lipinski definition) is 1. The summed E-state index contributed by atoms with van der Waals surface area (Å²) in [6.07, 6.45) is 5.76. The van der Waals surface area contributed by atoms with Gasteiger partial charge in [-0.3, -0.25) is 4.98 Å². The van der Waals surface area contributed by atoms with Crippen molar-refractivity contribution < 1.29 is 0 Å². The Bertz CT molecular complexity index is 498. The highest BCUT2D eigenvalue weighted by molar-refractivity contribution is 5.82. The summed E-state index contributed by atoms with van der Waals surface area (Å²) in [5.41, 5.74) is 8.65. The van der Waals surface area contributed by atoms with Crippen molar-refractivity contribution in [3.8, 4) is 0 Å². The van der Waals surface area contributed by atoms with Crippen molar-refractivity contribution in [2.75, 3.05) is 0 Å². The van der Waals surface area contributed by atoms with Gasteiger partial charge in [0, 0.05) is 17.6 Å². The first-order chi connectivity index (χ1) is 7.86. The van der Waals surface area contributed by atoms with Crippen molar-refractivity contribution in [2.24, 2.45) is 11.7 Å². The molecule has 2 heteroatoms. The molecule has 16 heavy (non-hydrogen) atoms. The first-order valence-corrected chi connectivity index (χ1v) is 5.95. The summed E-state index contributed by atoms with van der Waals surface area (Å²) in [6, 6.07) is 10.5. The van der Waals surface area contributed by atoms with E-state index in [1.54, 1.807) is 0 Å². The zero-order valence-corrected chi connectivity index (χ0v) is 9.26. The van der Waals surface area contributed by atoms with Gasteiger partial charge in [0.1, 0.15) is 0 Å². The molecule has 0 amide bonds. The van der Waals surface area contributed by atoms with E-state index in [1.165, 1.54) is 30.2 Å². The van der Waals surface area contributed by atoms with Crippen LogP contribution in [0, 0.1) is 5.92 Å². The second kappa shape index (κ2) is 3.87. The SMILES string of the molecule is N[C@@H](c1ccnc2ccccc12)C1CCC1. The van der Waals surface area contributed by atoms with Crippen LogP contribution in [0.15, 0.2) is 36.5 Å². The molecule has 1 aromatic carbocycles. The van der Waals surface area contributed by atoms with Gasteiger partial charge in [0.15, 0.2) is 0 Å². The zero-order chi connectivity index (χ0) is 11.0. The molecule has 1 fully saturated rings. The maximum atomic E-state index is 6.34. The summed E-state index contributed by atoms with van der Waals surface area (Å²) in [5, 5.41) is 1.21. The second-order valence-corrected chi connectivity index (χ2v) is 4.63. The largest absolute Gasteiger partial charge is 0.324 e. The zero-order valence-electron chi connectivity index (χ0n) is 9.26. The molecule has 3 rings (SSSR count). The number of rotatable bonds is 2. The van der Waals surface area contributed by atoms with Crippen LogP contribution in [0.25, 0.3) is 10.9 Å². The topological polar surface area (TPSA) is 38.9 Å². The summed E-state index contributed by atoms with van der Waals surface area (Å²) >= 11 is 0. The molecular formula is C14H16N2. The number of nitrogens with zero attached hydrogens (tertiary/aromatic N) is 1. The predicted molar refractivity (Wildman–Crippen MR) is 66.0 cm³/mol. The third kappa shape index (κ3) is 1.50. The maximum Gasteiger partial charge on any atom is 0.0705 e. The van der Waals surface area contributed by atoms with Gasteiger partial charge in [0.2, 0.25) is 0 Å². The van der Waals surface area contributed by atoms with Crippen molar-refractivity contribution in [3.63, 3.8) is 0 Å². The van der Waals surface area contributed by atoms with Crippen LogP contribution in [0.3, 0.4) is 0 Å². The van der Waals surface area contributed by atoms with Gasteiger partial charge in [-0.25, -0.2) is 0 Å². The molecule has 0 saturated heterocycles. The molecular weight excluding hydrogens is 196 g/mol. The van der Waals surface area contributed by atoms with Crippen LogP contribution in [0.5, 0.6) is 0 Å². The summed E-state index contributed by atoms with van der Waals surface area (Å²) in [4.78, 5) is 4.37. The number of fused-ring (bicyclic) bond motifs is 1. The molecule has 0 aliphatic heterocycles. The average molecular weight is 212 g/mol. The molecule has 82 valence electrons. The molecule has 1 aromatic heterocycles. The Labute approximate surface area is 95.5 Å². The van der Waals surface area contributed by atoms with E-state index in [1.807, 2.05) is 18.3 Å². The van der Waals surface area contributed by atoms with Crippen LogP contribution >= 0.6 is 0 Å². The number of benzene rings is 1. The van der Waals surface area contributed by atoms with E-state index < -0.39 is 0 Å². The van der Waals surface area contributed by atoms with E-state index in [4.69, 9.17) is 5.73 Å². The molecule has 1 atom stereocenters.